The number of hydrogen-bond donors (Lipinski definition) is 1. The largest absolute Gasteiger partial charge is 0.488 e. The lowest BCUT2D eigenvalue weighted by Crippen LogP contribution is -2.04. The Morgan fingerprint density at radius 1 is 0.923 bits per heavy atom. The smallest absolute Gasteiger partial charge is 0.124 e. The average Bonchev–Trinajstić information content (AvgIpc) is 2.62. The lowest BCUT2D eigenvalue weighted by atomic mass is 10.2. The summed E-state index contributed by atoms with van der Waals surface area (Å²) in [5, 5.41) is 4.38. The molecule has 0 heterocycles. The van der Waals surface area contributed by atoms with Crippen molar-refractivity contribution in [1.82, 2.24) is 0 Å². The maximum atomic E-state index is 13.2. The van der Waals surface area contributed by atoms with Crippen molar-refractivity contribution in [2.24, 2.45) is 0 Å². The Kier molecular flexibility index (Phi) is 6.41. The van der Waals surface area contributed by atoms with Gasteiger partial charge in [-0.05, 0) is 54.6 Å². The summed E-state index contributed by atoms with van der Waals surface area (Å²) in [6.45, 7) is 0.836. The minimum Gasteiger partial charge on any atom is -0.488 e. The van der Waals surface area contributed by atoms with Crippen molar-refractivity contribution in [2.75, 3.05) is 5.32 Å². The quantitative estimate of drug-likeness (QED) is 0.429. The zero-order valence-electron chi connectivity index (χ0n) is 13.6. The minimum atomic E-state index is -0.366. The zero-order valence-corrected chi connectivity index (χ0v) is 16.7. The lowest BCUT2D eigenvalue weighted by molar-refractivity contribution is 0.303. The molecule has 134 valence electrons. The molecule has 0 unspecified atom stereocenters. The zero-order chi connectivity index (χ0) is 18.5. The Labute approximate surface area is 170 Å². The summed E-state index contributed by atoms with van der Waals surface area (Å²) in [5.74, 6) is 0.366. The third kappa shape index (κ3) is 5.13. The van der Waals surface area contributed by atoms with Crippen LogP contribution in [0, 0.1) is 5.82 Å². The van der Waals surface area contributed by atoms with Gasteiger partial charge in [0.1, 0.15) is 18.2 Å². The fourth-order valence-electron chi connectivity index (χ4n) is 2.39. The van der Waals surface area contributed by atoms with E-state index < -0.39 is 0 Å². The normalized spacial score (nSPS) is 10.6. The van der Waals surface area contributed by atoms with Crippen LogP contribution in [0.3, 0.4) is 0 Å². The molecule has 0 saturated heterocycles. The molecule has 0 aliphatic carbocycles. The predicted molar refractivity (Wildman–Crippen MR) is 109 cm³/mol. The molecule has 0 saturated carbocycles. The molecule has 0 spiro atoms. The predicted octanol–water partition coefficient (Wildman–Crippen LogP) is 7.09. The number of anilines is 1. The van der Waals surface area contributed by atoms with Gasteiger partial charge >= 0.3 is 0 Å². The highest BCUT2D eigenvalue weighted by atomic mass is 79.9. The molecule has 3 aromatic rings. The van der Waals surface area contributed by atoms with E-state index in [2.05, 4.69) is 21.2 Å². The van der Waals surface area contributed by atoms with E-state index in [4.69, 9.17) is 27.9 Å². The van der Waals surface area contributed by atoms with E-state index in [0.29, 0.717) is 16.6 Å². The molecular formula is C20H15BrCl2FNO. The summed E-state index contributed by atoms with van der Waals surface area (Å²) in [6.07, 6.45) is 0. The van der Waals surface area contributed by atoms with Gasteiger partial charge in [0.15, 0.2) is 0 Å². The highest BCUT2D eigenvalue weighted by molar-refractivity contribution is 9.10. The van der Waals surface area contributed by atoms with Crippen LogP contribution < -0.4 is 10.1 Å². The summed E-state index contributed by atoms with van der Waals surface area (Å²) >= 11 is 15.5. The summed E-state index contributed by atoms with van der Waals surface area (Å²) in [5.41, 5.74) is 2.67. The molecule has 0 radical (unpaired) electrons. The molecule has 0 atom stereocenters. The molecular weight excluding hydrogens is 440 g/mol. The molecule has 0 aromatic heterocycles. The number of halogens is 4. The Morgan fingerprint density at radius 2 is 1.69 bits per heavy atom. The molecule has 3 rings (SSSR count). The third-order valence-electron chi connectivity index (χ3n) is 3.75. The molecule has 6 heteroatoms. The standard InChI is InChI=1S/C20H15BrCl2FNO/c21-15-2-8-20(26-12-13-1-5-17(24)10-19(13)23)14(9-15)11-25-18-6-3-16(22)4-7-18/h1-10,25H,11-12H2. The Hall–Kier alpha value is -1.75. The van der Waals surface area contributed by atoms with Crippen molar-refractivity contribution in [3.8, 4) is 5.75 Å². The topological polar surface area (TPSA) is 21.3 Å². The second-order valence-electron chi connectivity index (χ2n) is 5.64. The van der Waals surface area contributed by atoms with Crippen molar-refractivity contribution in [3.05, 3.63) is 92.1 Å². The van der Waals surface area contributed by atoms with Crippen molar-refractivity contribution < 1.29 is 9.13 Å². The Morgan fingerprint density at radius 3 is 2.42 bits per heavy atom. The van der Waals surface area contributed by atoms with Crippen LogP contribution in [0.25, 0.3) is 0 Å². The van der Waals surface area contributed by atoms with Crippen LogP contribution in [0.4, 0.5) is 10.1 Å². The van der Waals surface area contributed by atoms with E-state index >= 15 is 0 Å². The highest BCUT2D eigenvalue weighted by Gasteiger charge is 2.08. The number of hydrogen-bond acceptors (Lipinski definition) is 2. The third-order valence-corrected chi connectivity index (χ3v) is 4.85. The van der Waals surface area contributed by atoms with E-state index in [1.54, 1.807) is 6.07 Å². The number of nitrogens with one attached hydrogen (secondary N) is 1. The summed E-state index contributed by atoms with van der Waals surface area (Å²) in [7, 11) is 0. The van der Waals surface area contributed by atoms with Gasteiger partial charge < -0.3 is 10.1 Å². The second kappa shape index (κ2) is 8.76. The van der Waals surface area contributed by atoms with Gasteiger partial charge in [0.25, 0.3) is 0 Å². The highest BCUT2D eigenvalue weighted by Crippen LogP contribution is 2.27. The van der Waals surface area contributed by atoms with Crippen LogP contribution in [0.5, 0.6) is 5.75 Å². The molecule has 3 aromatic carbocycles. The first-order valence-corrected chi connectivity index (χ1v) is 9.41. The van der Waals surface area contributed by atoms with E-state index in [0.717, 1.165) is 27.0 Å². The summed E-state index contributed by atoms with van der Waals surface area (Å²) in [6, 6.07) is 17.6. The Balaban J connectivity index is 1.71. The van der Waals surface area contributed by atoms with Gasteiger partial charge in [0, 0.05) is 32.9 Å². The van der Waals surface area contributed by atoms with Gasteiger partial charge in [0.05, 0.1) is 5.02 Å². The molecule has 0 aliphatic heterocycles. The maximum Gasteiger partial charge on any atom is 0.124 e. The van der Waals surface area contributed by atoms with Crippen LogP contribution in [0.2, 0.25) is 10.0 Å². The molecule has 0 aliphatic rings. The van der Waals surface area contributed by atoms with Crippen LogP contribution in [0.1, 0.15) is 11.1 Å². The lowest BCUT2D eigenvalue weighted by Gasteiger charge is -2.14. The van der Waals surface area contributed by atoms with Crippen LogP contribution in [-0.4, -0.2) is 0 Å². The average molecular weight is 455 g/mol. The summed E-state index contributed by atoms with van der Waals surface area (Å²) < 4.78 is 20.0. The van der Waals surface area contributed by atoms with Crippen LogP contribution in [-0.2, 0) is 13.2 Å². The molecule has 26 heavy (non-hydrogen) atoms. The van der Waals surface area contributed by atoms with Gasteiger partial charge in [-0.1, -0.05) is 45.2 Å². The van der Waals surface area contributed by atoms with Gasteiger partial charge in [-0.3, -0.25) is 0 Å². The first kappa shape index (κ1) is 19.0. The van der Waals surface area contributed by atoms with Crippen molar-refractivity contribution in [3.63, 3.8) is 0 Å². The molecule has 0 bridgehead atoms. The van der Waals surface area contributed by atoms with Crippen molar-refractivity contribution in [2.45, 2.75) is 13.2 Å². The maximum absolute atomic E-state index is 13.2. The fourth-order valence-corrected chi connectivity index (χ4v) is 3.14. The first-order valence-electron chi connectivity index (χ1n) is 7.86. The van der Waals surface area contributed by atoms with E-state index in [1.165, 1.54) is 12.1 Å². The minimum absolute atomic E-state index is 0.259. The molecule has 2 nitrogen and oxygen atoms in total. The van der Waals surface area contributed by atoms with E-state index in [1.807, 2.05) is 42.5 Å². The van der Waals surface area contributed by atoms with Gasteiger partial charge in [-0.15, -0.1) is 0 Å². The van der Waals surface area contributed by atoms with E-state index in [9.17, 15) is 4.39 Å². The van der Waals surface area contributed by atoms with Crippen LogP contribution >= 0.6 is 39.1 Å². The van der Waals surface area contributed by atoms with Gasteiger partial charge in [-0.25, -0.2) is 4.39 Å². The van der Waals surface area contributed by atoms with Crippen molar-refractivity contribution >= 4 is 44.8 Å². The monoisotopic (exact) mass is 453 g/mol. The van der Waals surface area contributed by atoms with Crippen molar-refractivity contribution in [1.29, 1.82) is 0 Å². The van der Waals surface area contributed by atoms with Crippen LogP contribution in [0.15, 0.2) is 65.1 Å². The number of ether oxygens (including phenoxy) is 1. The SMILES string of the molecule is Fc1ccc(COc2ccc(Br)cc2CNc2ccc(Cl)cc2)c(Cl)c1. The van der Waals surface area contributed by atoms with Gasteiger partial charge in [-0.2, -0.15) is 0 Å². The van der Waals surface area contributed by atoms with Gasteiger partial charge in [0.2, 0.25) is 0 Å². The molecule has 0 fully saturated rings. The molecule has 0 amide bonds. The summed E-state index contributed by atoms with van der Waals surface area (Å²) in [4.78, 5) is 0. The Bertz CT molecular complexity index is 903. The number of benzene rings is 3. The second-order valence-corrected chi connectivity index (χ2v) is 7.40. The first-order chi connectivity index (χ1) is 12.5. The van der Waals surface area contributed by atoms with E-state index in [-0.39, 0.29) is 12.4 Å². The fraction of sp³-hybridized carbons (Fsp3) is 0.100. The molecule has 1 N–H and O–H groups in total. The number of rotatable bonds is 6.